The average Bonchev–Trinajstić information content (AvgIpc) is 3.00. The molecule has 20 heavy (non-hydrogen) atoms. The van der Waals surface area contributed by atoms with Crippen LogP contribution >= 0.6 is 0 Å². The predicted molar refractivity (Wildman–Crippen MR) is 77.9 cm³/mol. The molecule has 1 saturated heterocycles. The van der Waals surface area contributed by atoms with Gasteiger partial charge in [-0.05, 0) is 44.5 Å². The first kappa shape index (κ1) is 14.5. The number of hydrogen-bond acceptors (Lipinski definition) is 3. The highest BCUT2D eigenvalue weighted by Gasteiger charge is 2.25. The molecular weight excluding hydrogens is 250 g/mol. The van der Waals surface area contributed by atoms with Crippen molar-refractivity contribution in [3.8, 4) is 6.07 Å². The zero-order chi connectivity index (χ0) is 14.5. The Morgan fingerprint density at radius 1 is 1.45 bits per heavy atom. The van der Waals surface area contributed by atoms with E-state index in [9.17, 15) is 4.79 Å². The van der Waals surface area contributed by atoms with Gasteiger partial charge in [-0.1, -0.05) is 12.1 Å². The molecule has 0 aromatic heterocycles. The average molecular weight is 271 g/mol. The summed E-state index contributed by atoms with van der Waals surface area (Å²) in [6.07, 6.45) is 2.23. The number of likely N-dealkylation sites (tertiary alicyclic amines) is 1. The third-order valence-corrected chi connectivity index (χ3v) is 3.92. The highest BCUT2D eigenvalue weighted by Crippen LogP contribution is 2.14. The largest absolute Gasteiger partial charge is 0.341 e. The van der Waals surface area contributed by atoms with Crippen LogP contribution in [0.25, 0.3) is 0 Å². The van der Waals surface area contributed by atoms with Gasteiger partial charge in [-0.3, -0.25) is 9.69 Å². The molecule has 1 atom stereocenters. The molecule has 0 bridgehead atoms. The number of nitrogens with zero attached hydrogens (tertiary/aromatic N) is 3. The summed E-state index contributed by atoms with van der Waals surface area (Å²) in [5.41, 5.74) is 1.72. The van der Waals surface area contributed by atoms with Crippen LogP contribution in [0.1, 0.15) is 30.9 Å². The standard InChI is InChI=1S/C16H21N3O/c1-13(16(20)19-8-3-4-9-19)18(2)12-15-7-5-6-14(10-15)11-17/h5-7,10,13H,3-4,8-9,12H2,1-2H3/t13-/m0/s1. The Balaban J connectivity index is 1.98. The van der Waals surface area contributed by atoms with Crippen LogP contribution in [0.2, 0.25) is 0 Å². The van der Waals surface area contributed by atoms with Crippen molar-refractivity contribution in [3.63, 3.8) is 0 Å². The molecular formula is C16H21N3O. The van der Waals surface area contributed by atoms with E-state index >= 15 is 0 Å². The molecule has 1 aromatic carbocycles. The summed E-state index contributed by atoms with van der Waals surface area (Å²) in [7, 11) is 1.96. The fraction of sp³-hybridized carbons (Fsp3) is 0.500. The van der Waals surface area contributed by atoms with E-state index in [2.05, 4.69) is 6.07 Å². The summed E-state index contributed by atoms with van der Waals surface area (Å²) in [4.78, 5) is 16.3. The molecule has 4 nitrogen and oxygen atoms in total. The molecule has 2 rings (SSSR count). The van der Waals surface area contributed by atoms with Crippen molar-refractivity contribution in [1.29, 1.82) is 5.26 Å². The number of carbonyl (C=O) groups excluding carboxylic acids is 1. The monoisotopic (exact) mass is 271 g/mol. The van der Waals surface area contributed by atoms with Crippen LogP contribution in [0, 0.1) is 11.3 Å². The van der Waals surface area contributed by atoms with Crippen LogP contribution in [0.4, 0.5) is 0 Å². The van der Waals surface area contributed by atoms with Crippen LogP contribution in [-0.2, 0) is 11.3 Å². The normalized spacial score (nSPS) is 16.2. The van der Waals surface area contributed by atoms with Crippen LogP contribution in [0.15, 0.2) is 24.3 Å². The highest BCUT2D eigenvalue weighted by atomic mass is 16.2. The molecule has 0 spiro atoms. The zero-order valence-electron chi connectivity index (χ0n) is 12.2. The van der Waals surface area contributed by atoms with Gasteiger partial charge in [0.2, 0.25) is 5.91 Å². The summed E-state index contributed by atoms with van der Waals surface area (Å²) in [6.45, 7) is 4.41. The van der Waals surface area contributed by atoms with Crippen molar-refractivity contribution in [2.45, 2.75) is 32.4 Å². The summed E-state index contributed by atoms with van der Waals surface area (Å²) in [5.74, 6) is 0.210. The molecule has 1 fully saturated rings. The van der Waals surface area contributed by atoms with Crippen molar-refractivity contribution in [2.24, 2.45) is 0 Å². The topological polar surface area (TPSA) is 47.3 Å². The first-order valence-corrected chi connectivity index (χ1v) is 7.10. The molecule has 1 aromatic rings. The van der Waals surface area contributed by atoms with Crippen LogP contribution < -0.4 is 0 Å². The minimum atomic E-state index is -0.126. The summed E-state index contributed by atoms with van der Waals surface area (Å²) in [6, 6.07) is 9.56. The summed E-state index contributed by atoms with van der Waals surface area (Å²) < 4.78 is 0. The smallest absolute Gasteiger partial charge is 0.239 e. The molecule has 1 amide bonds. The quantitative estimate of drug-likeness (QED) is 0.841. The lowest BCUT2D eigenvalue weighted by Gasteiger charge is -2.28. The van der Waals surface area contributed by atoms with Gasteiger partial charge in [0.1, 0.15) is 0 Å². The molecule has 0 saturated carbocycles. The van der Waals surface area contributed by atoms with Crippen molar-refractivity contribution in [1.82, 2.24) is 9.80 Å². The van der Waals surface area contributed by atoms with Crippen molar-refractivity contribution in [2.75, 3.05) is 20.1 Å². The van der Waals surface area contributed by atoms with Gasteiger partial charge < -0.3 is 4.90 Å². The number of carbonyl (C=O) groups is 1. The van der Waals surface area contributed by atoms with Crippen molar-refractivity contribution in [3.05, 3.63) is 35.4 Å². The number of nitriles is 1. The van der Waals surface area contributed by atoms with Crippen LogP contribution in [-0.4, -0.2) is 41.9 Å². The third kappa shape index (κ3) is 3.37. The minimum absolute atomic E-state index is 0.126. The van der Waals surface area contributed by atoms with E-state index in [0.717, 1.165) is 31.5 Å². The van der Waals surface area contributed by atoms with Crippen molar-refractivity contribution >= 4 is 5.91 Å². The molecule has 106 valence electrons. The Bertz CT molecular complexity index is 515. The van der Waals surface area contributed by atoms with Gasteiger partial charge in [-0.15, -0.1) is 0 Å². The van der Waals surface area contributed by atoms with E-state index in [4.69, 9.17) is 5.26 Å². The highest BCUT2D eigenvalue weighted by molar-refractivity contribution is 5.81. The molecule has 1 aliphatic heterocycles. The van der Waals surface area contributed by atoms with Gasteiger partial charge in [0.05, 0.1) is 17.7 Å². The Kier molecular flexibility index (Phi) is 4.75. The maximum absolute atomic E-state index is 12.3. The van der Waals surface area contributed by atoms with E-state index in [1.807, 2.05) is 42.0 Å². The number of hydrogen-bond donors (Lipinski definition) is 0. The third-order valence-electron chi connectivity index (χ3n) is 3.92. The van der Waals surface area contributed by atoms with E-state index in [1.54, 1.807) is 6.07 Å². The van der Waals surface area contributed by atoms with Gasteiger partial charge in [0.15, 0.2) is 0 Å². The number of amides is 1. The predicted octanol–water partition coefficient (Wildman–Crippen LogP) is 2.00. The summed E-state index contributed by atoms with van der Waals surface area (Å²) >= 11 is 0. The van der Waals surface area contributed by atoms with Gasteiger partial charge in [-0.2, -0.15) is 5.26 Å². The van der Waals surface area contributed by atoms with E-state index < -0.39 is 0 Å². The van der Waals surface area contributed by atoms with E-state index in [0.29, 0.717) is 12.1 Å². The number of benzene rings is 1. The lowest BCUT2D eigenvalue weighted by atomic mass is 10.1. The first-order valence-electron chi connectivity index (χ1n) is 7.10. The lowest BCUT2D eigenvalue weighted by Crippen LogP contribution is -2.44. The van der Waals surface area contributed by atoms with Crippen LogP contribution in [0.3, 0.4) is 0 Å². The van der Waals surface area contributed by atoms with Crippen LogP contribution in [0.5, 0.6) is 0 Å². The van der Waals surface area contributed by atoms with Gasteiger partial charge in [0, 0.05) is 19.6 Å². The first-order chi connectivity index (χ1) is 9.61. The number of rotatable bonds is 4. The number of likely N-dealkylation sites (N-methyl/N-ethyl adjacent to an activating group) is 1. The second-order valence-electron chi connectivity index (χ2n) is 5.44. The Hall–Kier alpha value is -1.86. The van der Waals surface area contributed by atoms with E-state index in [1.165, 1.54) is 0 Å². The molecule has 0 radical (unpaired) electrons. The SMILES string of the molecule is C[C@@H](C(=O)N1CCCC1)N(C)Cc1cccc(C#N)c1. The maximum atomic E-state index is 12.3. The van der Waals surface area contributed by atoms with Gasteiger partial charge >= 0.3 is 0 Å². The molecule has 1 aliphatic rings. The van der Waals surface area contributed by atoms with E-state index in [-0.39, 0.29) is 11.9 Å². The zero-order valence-corrected chi connectivity index (χ0v) is 12.2. The lowest BCUT2D eigenvalue weighted by molar-refractivity contribution is -0.135. The Labute approximate surface area is 120 Å². The molecule has 4 heteroatoms. The minimum Gasteiger partial charge on any atom is -0.341 e. The second kappa shape index (κ2) is 6.53. The molecule has 0 aliphatic carbocycles. The van der Waals surface area contributed by atoms with Crippen molar-refractivity contribution < 1.29 is 4.79 Å². The maximum Gasteiger partial charge on any atom is 0.239 e. The molecule has 0 N–H and O–H groups in total. The molecule has 0 unspecified atom stereocenters. The molecule has 1 heterocycles. The van der Waals surface area contributed by atoms with Gasteiger partial charge in [0.25, 0.3) is 0 Å². The Morgan fingerprint density at radius 3 is 2.80 bits per heavy atom. The summed E-state index contributed by atoms with van der Waals surface area (Å²) in [5, 5.41) is 8.91. The fourth-order valence-corrected chi connectivity index (χ4v) is 2.55. The Morgan fingerprint density at radius 2 is 2.15 bits per heavy atom. The second-order valence-corrected chi connectivity index (χ2v) is 5.44. The fourth-order valence-electron chi connectivity index (χ4n) is 2.55. The van der Waals surface area contributed by atoms with Gasteiger partial charge in [-0.25, -0.2) is 0 Å².